The topological polar surface area (TPSA) is 27.7 Å². The lowest BCUT2D eigenvalue weighted by Gasteiger charge is -2.47. The zero-order valence-corrected chi connectivity index (χ0v) is 12.4. The number of piperazine rings is 1. The Balaban J connectivity index is 1.93. The molecule has 0 aliphatic carbocycles. The molecule has 4 nitrogen and oxygen atoms in total. The van der Waals surface area contributed by atoms with Crippen LogP contribution in [0.3, 0.4) is 0 Å². The van der Waals surface area contributed by atoms with E-state index < -0.39 is 0 Å². The average Bonchev–Trinajstić information content (AvgIpc) is 2.35. The number of nitrogens with one attached hydrogen (secondary N) is 1. The van der Waals surface area contributed by atoms with E-state index in [1.165, 1.54) is 13.1 Å². The molecular weight excluding hydrogens is 226 g/mol. The van der Waals surface area contributed by atoms with Gasteiger partial charge in [-0.25, -0.2) is 0 Å². The molecule has 0 aromatic heterocycles. The molecule has 0 spiro atoms. The molecule has 18 heavy (non-hydrogen) atoms. The molecule has 0 radical (unpaired) electrons. The summed E-state index contributed by atoms with van der Waals surface area (Å²) in [6, 6.07) is 0.545. The SMILES string of the molecule is CC1CN(CC(C)(C)N2CCNCC2)C(C)CO1. The Morgan fingerprint density at radius 2 is 1.89 bits per heavy atom. The maximum Gasteiger partial charge on any atom is 0.0674 e. The summed E-state index contributed by atoms with van der Waals surface area (Å²) < 4.78 is 5.72. The van der Waals surface area contributed by atoms with E-state index in [4.69, 9.17) is 4.74 Å². The van der Waals surface area contributed by atoms with Crippen molar-refractivity contribution in [1.29, 1.82) is 0 Å². The fourth-order valence-corrected chi connectivity index (χ4v) is 3.06. The Kier molecular flexibility index (Phi) is 4.64. The Hall–Kier alpha value is -0.160. The summed E-state index contributed by atoms with van der Waals surface area (Å²) in [6.45, 7) is 16.9. The second-order valence-electron chi connectivity index (χ2n) is 6.47. The highest BCUT2D eigenvalue weighted by Crippen LogP contribution is 2.20. The van der Waals surface area contributed by atoms with Gasteiger partial charge in [-0.05, 0) is 27.7 Å². The third-order valence-electron chi connectivity index (χ3n) is 4.30. The van der Waals surface area contributed by atoms with Crippen LogP contribution >= 0.6 is 0 Å². The molecule has 2 aliphatic rings. The first-order chi connectivity index (χ1) is 8.49. The molecule has 2 saturated heterocycles. The van der Waals surface area contributed by atoms with Gasteiger partial charge in [0.15, 0.2) is 0 Å². The van der Waals surface area contributed by atoms with E-state index in [2.05, 4.69) is 42.8 Å². The van der Waals surface area contributed by atoms with E-state index in [1.54, 1.807) is 0 Å². The van der Waals surface area contributed by atoms with Crippen molar-refractivity contribution in [1.82, 2.24) is 15.1 Å². The molecule has 2 aliphatic heterocycles. The quantitative estimate of drug-likeness (QED) is 0.806. The zero-order chi connectivity index (χ0) is 13.2. The summed E-state index contributed by atoms with van der Waals surface area (Å²) in [5.41, 5.74) is 0.257. The van der Waals surface area contributed by atoms with Gasteiger partial charge in [0.05, 0.1) is 12.7 Å². The number of ether oxygens (including phenoxy) is 1. The molecule has 1 N–H and O–H groups in total. The lowest BCUT2D eigenvalue weighted by Crippen LogP contribution is -2.60. The number of nitrogens with zero attached hydrogens (tertiary/aromatic N) is 2. The molecular formula is C14H29N3O. The summed E-state index contributed by atoms with van der Waals surface area (Å²) in [4.78, 5) is 5.21. The van der Waals surface area contributed by atoms with Crippen LogP contribution < -0.4 is 5.32 Å². The minimum absolute atomic E-state index is 0.257. The van der Waals surface area contributed by atoms with Gasteiger partial charge in [0.2, 0.25) is 0 Å². The van der Waals surface area contributed by atoms with Crippen LogP contribution in [0.25, 0.3) is 0 Å². The van der Waals surface area contributed by atoms with E-state index in [1.807, 2.05) is 0 Å². The van der Waals surface area contributed by atoms with Gasteiger partial charge in [0.1, 0.15) is 0 Å². The van der Waals surface area contributed by atoms with E-state index >= 15 is 0 Å². The van der Waals surface area contributed by atoms with Crippen molar-refractivity contribution < 1.29 is 4.74 Å². The minimum Gasteiger partial charge on any atom is -0.376 e. The fraction of sp³-hybridized carbons (Fsp3) is 1.00. The molecule has 2 unspecified atom stereocenters. The predicted octanol–water partition coefficient (Wildman–Crippen LogP) is 0.779. The van der Waals surface area contributed by atoms with Crippen molar-refractivity contribution in [2.24, 2.45) is 0 Å². The van der Waals surface area contributed by atoms with E-state index in [0.717, 1.165) is 32.8 Å². The average molecular weight is 255 g/mol. The first kappa shape index (κ1) is 14.3. The minimum atomic E-state index is 0.257. The monoisotopic (exact) mass is 255 g/mol. The van der Waals surface area contributed by atoms with Crippen LogP contribution in [-0.4, -0.2) is 73.4 Å². The Labute approximate surface area is 112 Å². The highest BCUT2D eigenvalue weighted by molar-refractivity contribution is 4.90. The Bertz CT molecular complexity index is 264. The molecule has 106 valence electrons. The maximum absolute atomic E-state index is 5.72. The highest BCUT2D eigenvalue weighted by Gasteiger charge is 2.33. The Morgan fingerprint density at radius 1 is 1.22 bits per heavy atom. The maximum atomic E-state index is 5.72. The second kappa shape index (κ2) is 5.87. The highest BCUT2D eigenvalue weighted by atomic mass is 16.5. The van der Waals surface area contributed by atoms with Crippen LogP contribution in [0.2, 0.25) is 0 Å². The molecule has 2 fully saturated rings. The molecule has 4 heteroatoms. The van der Waals surface area contributed by atoms with Gasteiger partial charge >= 0.3 is 0 Å². The number of hydrogen-bond donors (Lipinski definition) is 1. The second-order valence-corrected chi connectivity index (χ2v) is 6.47. The number of rotatable bonds is 3. The van der Waals surface area contributed by atoms with Gasteiger partial charge in [0.25, 0.3) is 0 Å². The normalized spacial score (nSPS) is 32.7. The summed E-state index contributed by atoms with van der Waals surface area (Å²) in [7, 11) is 0. The molecule has 2 atom stereocenters. The van der Waals surface area contributed by atoms with Gasteiger partial charge < -0.3 is 10.1 Å². The van der Waals surface area contributed by atoms with Gasteiger partial charge in [-0.15, -0.1) is 0 Å². The van der Waals surface area contributed by atoms with Crippen molar-refractivity contribution in [3.05, 3.63) is 0 Å². The molecule has 2 rings (SSSR count). The van der Waals surface area contributed by atoms with Crippen molar-refractivity contribution in [3.8, 4) is 0 Å². The van der Waals surface area contributed by atoms with Crippen LogP contribution in [0.1, 0.15) is 27.7 Å². The van der Waals surface area contributed by atoms with Gasteiger partial charge in [-0.2, -0.15) is 0 Å². The predicted molar refractivity (Wildman–Crippen MR) is 75.0 cm³/mol. The largest absolute Gasteiger partial charge is 0.376 e. The molecule has 0 amide bonds. The van der Waals surface area contributed by atoms with Crippen molar-refractivity contribution in [2.75, 3.05) is 45.9 Å². The van der Waals surface area contributed by atoms with Gasteiger partial charge in [0, 0.05) is 50.8 Å². The van der Waals surface area contributed by atoms with Gasteiger partial charge in [-0.3, -0.25) is 9.80 Å². The number of hydrogen-bond acceptors (Lipinski definition) is 4. The van der Waals surface area contributed by atoms with Crippen molar-refractivity contribution in [2.45, 2.75) is 45.4 Å². The van der Waals surface area contributed by atoms with Crippen molar-refractivity contribution in [3.63, 3.8) is 0 Å². The lowest BCUT2D eigenvalue weighted by atomic mass is 9.99. The smallest absolute Gasteiger partial charge is 0.0674 e. The third kappa shape index (κ3) is 3.44. The van der Waals surface area contributed by atoms with E-state index in [-0.39, 0.29) is 5.54 Å². The summed E-state index contributed by atoms with van der Waals surface area (Å²) >= 11 is 0. The summed E-state index contributed by atoms with van der Waals surface area (Å²) in [5.74, 6) is 0. The standard InChI is InChI=1S/C14H29N3O/c1-12-10-18-13(2)9-16(12)11-14(3,4)17-7-5-15-6-8-17/h12-13,15H,5-11H2,1-4H3. The third-order valence-corrected chi connectivity index (χ3v) is 4.30. The fourth-order valence-electron chi connectivity index (χ4n) is 3.06. The van der Waals surface area contributed by atoms with Crippen LogP contribution in [0, 0.1) is 0 Å². The zero-order valence-electron chi connectivity index (χ0n) is 12.4. The first-order valence-electron chi connectivity index (χ1n) is 7.30. The summed E-state index contributed by atoms with van der Waals surface area (Å²) in [5, 5.41) is 3.43. The number of morpholine rings is 1. The van der Waals surface area contributed by atoms with E-state index in [9.17, 15) is 0 Å². The van der Waals surface area contributed by atoms with Crippen LogP contribution in [0.4, 0.5) is 0 Å². The van der Waals surface area contributed by atoms with E-state index in [0.29, 0.717) is 12.1 Å². The summed E-state index contributed by atoms with van der Waals surface area (Å²) in [6.07, 6.45) is 0.375. The first-order valence-corrected chi connectivity index (χ1v) is 7.30. The molecule has 0 aromatic carbocycles. The van der Waals surface area contributed by atoms with Crippen LogP contribution in [0.5, 0.6) is 0 Å². The lowest BCUT2D eigenvalue weighted by molar-refractivity contribution is -0.0671. The Morgan fingerprint density at radius 3 is 2.56 bits per heavy atom. The molecule has 0 aromatic rings. The molecule has 2 heterocycles. The van der Waals surface area contributed by atoms with Crippen molar-refractivity contribution >= 4 is 0 Å². The van der Waals surface area contributed by atoms with Crippen LogP contribution in [0.15, 0.2) is 0 Å². The molecule has 0 saturated carbocycles. The van der Waals surface area contributed by atoms with Crippen LogP contribution in [-0.2, 0) is 4.74 Å². The van der Waals surface area contributed by atoms with Gasteiger partial charge in [-0.1, -0.05) is 0 Å². The molecule has 0 bridgehead atoms.